The molecule has 2 rings (SSSR count). The van der Waals surface area contributed by atoms with Crippen molar-refractivity contribution in [3.8, 4) is 11.1 Å². The Morgan fingerprint density at radius 2 is 1.65 bits per heavy atom. The lowest BCUT2D eigenvalue weighted by molar-refractivity contribution is -0.138. The highest BCUT2D eigenvalue weighted by Gasteiger charge is 2.31. The maximum Gasteiger partial charge on any atom is 0.196 e. The van der Waals surface area contributed by atoms with Gasteiger partial charge in [0.1, 0.15) is 0 Å². The molecule has 2 aromatic rings. The Hall–Kier alpha value is -1.45. The van der Waals surface area contributed by atoms with Crippen molar-refractivity contribution in [3.63, 3.8) is 0 Å². The summed E-state index contributed by atoms with van der Waals surface area (Å²) in [6.45, 7) is 4.84. The lowest BCUT2D eigenvalue weighted by Gasteiger charge is -2.12. The molecule has 0 heterocycles. The average molecular weight is 232 g/mol. The third-order valence-electron chi connectivity index (χ3n) is 2.61. The maximum atomic E-state index is 11.8. The molecule has 0 bridgehead atoms. The van der Waals surface area contributed by atoms with E-state index in [9.17, 15) is 4.79 Å². The molecule has 0 unspecified atom stereocenters. The van der Waals surface area contributed by atoms with Crippen LogP contribution in [0.5, 0.6) is 0 Å². The van der Waals surface area contributed by atoms with Gasteiger partial charge in [0.15, 0.2) is 11.7 Å². The van der Waals surface area contributed by atoms with E-state index in [2.05, 4.69) is 0 Å². The maximum absolute atomic E-state index is 11.8. The Bertz CT molecular complexity index is 474. The molecule has 0 fully saturated rings. The van der Waals surface area contributed by atoms with Crippen LogP contribution in [0.2, 0.25) is 0 Å². The van der Waals surface area contributed by atoms with Gasteiger partial charge < -0.3 is 9.47 Å². The lowest BCUT2D eigenvalue weighted by atomic mass is 10.2. The summed E-state index contributed by atoms with van der Waals surface area (Å²) < 4.78 is 10.9. The van der Waals surface area contributed by atoms with E-state index in [0.29, 0.717) is 18.8 Å². The summed E-state index contributed by atoms with van der Waals surface area (Å²) in [4.78, 5) is 11.8. The van der Waals surface area contributed by atoms with Crippen molar-refractivity contribution >= 4 is 0 Å². The fraction of sp³-hybridized carbons (Fsp3) is 0.357. The van der Waals surface area contributed by atoms with Crippen LogP contribution in [0.25, 0.3) is 11.1 Å². The first kappa shape index (κ1) is 12.0. The molecular weight excluding hydrogens is 216 g/mol. The Labute approximate surface area is 101 Å². The fourth-order valence-corrected chi connectivity index (χ4v) is 1.82. The Morgan fingerprint density at radius 3 is 2.18 bits per heavy atom. The molecule has 0 aromatic heterocycles. The Balaban J connectivity index is 2.21. The summed E-state index contributed by atoms with van der Waals surface area (Å²) in [6.07, 6.45) is -0.507. The van der Waals surface area contributed by atoms with Crippen molar-refractivity contribution in [1.29, 1.82) is 0 Å². The van der Waals surface area contributed by atoms with Crippen LogP contribution in [0.3, 0.4) is 0 Å². The van der Waals surface area contributed by atoms with E-state index in [1.165, 1.54) is 0 Å². The molecule has 2 aromatic carbocycles. The van der Waals surface area contributed by atoms with Gasteiger partial charge in [-0.2, -0.15) is 0 Å². The molecular formula is C14H16O3. The molecule has 0 spiro atoms. The van der Waals surface area contributed by atoms with E-state index in [1.54, 1.807) is 0 Å². The quantitative estimate of drug-likeness (QED) is 0.718. The van der Waals surface area contributed by atoms with Crippen LogP contribution in [0.4, 0.5) is 0 Å². The Kier molecular flexibility index (Phi) is 3.71. The smallest absolute Gasteiger partial charge is 0.196 e. The summed E-state index contributed by atoms with van der Waals surface area (Å²) >= 11 is 0. The average Bonchev–Trinajstić information content (AvgIpc) is 3.02. The number of hydrogen-bond donors (Lipinski definition) is 0. The standard InChI is InChI=1S/C14H16O3/c1-3-16-14(17-4-2)12-11(13(12)15)10-8-6-5-7-9-10/h5-9,14H,3-4H2,1-2H3. The number of benzene rings is 1. The van der Waals surface area contributed by atoms with Crippen LogP contribution in [0.15, 0.2) is 35.1 Å². The summed E-state index contributed by atoms with van der Waals surface area (Å²) in [6, 6.07) is 9.62. The largest absolute Gasteiger partial charge is 0.349 e. The number of ether oxygens (including phenoxy) is 2. The zero-order valence-electron chi connectivity index (χ0n) is 10.1. The minimum Gasteiger partial charge on any atom is -0.349 e. The van der Waals surface area contributed by atoms with E-state index in [1.807, 2.05) is 44.2 Å². The lowest BCUT2D eigenvalue weighted by Crippen LogP contribution is -2.07. The molecule has 0 aliphatic rings. The normalized spacial score (nSPS) is 11.5. The van der Waals surface area contributed by atoms with Gasteiger partial charge in [0, 0.05) is 18.8 Å². The first-order chi connectivity index (χ1) is 8.29. The van der Waals surface area contributed by atoms with Crippen molar-refractivity contribution in [3.05, 3.63) is 46.1 Å². The van der Waals surface area contributed by atoms with Crippen LogP contribution >= 0.6 is 0 Å². The van der Waals surface area contributed by atoms with Crippen molar-refractivity contribution in [2.24, 2.45) is 0 Å². The van der Waals surface area contributed by atoms with Crippen molar-refractivity contribution in [1.82, 2.24) is 0 Å². The van der Waals surface area contributed by atoms with Crippen molar-refractivity contribution in [2.75, 3.05) is 13.2 Å². The van der Waals surface area contributed by atoms with E-state index < -0.39 is 6.29 Å². The molecule has 17 heavy (non-hydrogen) atoms. The summed E-state index contributed by atoms with van der Waals surface area (Å²) in [7, 11) is 0. The number of hydrogen-bond acceptors (Lipinski definition) is 3. The second kappa shape index (κ2) is 5.25. The molecule has 0 saturated heterocycles. The van der Waals surface area contributed by atoms with Gasteiger partial charge in [0.2, 0.25) is 0 Å². The van der Waals surface area contributed by atoms with Gasteiger partial charge in [-0.05, 0) is 19.4 Å². The highest BCUT2D eigenvalue weighted by atomic mass is 16.7. The first-order valence-corrected chi connectivity index (χ1v) is 5.87. The molecule has 90 valence electrons. The third-order valence-corrected chi connectivity index (χ3v) is 2.61. The van der Waals surface area contributed by atoms with Gasteiger partial charge in [-0.3, -0.25) is 4.79 Å². The molecule has 0 N–H and O–H groups in total. The second-order valence-corrected chi connectivity index (χ2v) is 3.73. The van der Waals surface area contributed by atoms with Crippen LogP contribution in [0.1, 0.15) is 25.7 Å². The molecule has 3 heteroatoms. The highest BCUT2D eigenvalue weighted by molar-refractivity contribution is 5.76. The summed E-state index contributed by atoms with van der Waals surface area (Å²) in [5, 5.41) is 0. The highest BCUT2D eigenvalue weighted by Crippen LogP contribution is 2.32. The zero-order valence-corrected chi connectivity index (χ0v) is 10.1. The van der Waals surface area contributed by atoms with E-state index in [-0.39, 0.29) is 5.43 Å². The zero-order chi connectivity index (χ0) is 12.3. The third kappa shape index (κ3) is 2.46. The van der Waals surface area contributed by atoms with E-state index in [0.717, 1.165) is 11.1 Å². The fourth-order valence-electron chi connectivity index (χ4n) is 1.82. The van der Waals surface area contributed by atoms with Gasteiger partial charge in [0.25, 0.3) is 0 Å². The summed E-state index contributed by atoms with van der Waals surface area (Å²) in [5.41, 5.74) is 2.41. The Morgan fingerprint density at radius 1 is 1.06 bits per heavy atom. The topological polar surface area (TPSA) is 35.5 Å². The van der Waals surface area contributed by atoms with E-state index >= 15 is 0 Å². The molecule has 0 amide bonds. The minimum atomic E-state index is -0.507. The van der Waals surface area contributed by atoms with Crippen LogP contribution < -0.4 is 5.43 Å². The van der Waals surface area contributed by atoms with Gasteiger partial charge in [0.05, 0.1) is 5.56 Å². The van der Waals surface area contributed by atoms with Crippen molar-refractivity contribution < 1.29 is 9.47 Å². The van der Waals surface area contributed by atoms with E-state index in [4.69, 9.17) is 9.47 Å². The molecule has 0 aliphatic carbocycles. The first-order valence-electron chi connectivity index (χ1n) is 5.87. The van der Waals surface area contributed by atoms with Crippen LogP contribution in [-0.4, -0.2) is 13.2 Å². The molecule has 0 atom stereocenters. The minimum absolute atomic E-state index is 0.0584. The van der Waals surface area contributed by atoms with Crippen molar-refractivity contribution in [2.45, 2.75) is 20.1 Å². The second-order valence-electron chi connectivity index (χ2n) is 3.73. The molecule has 0 radical (unpaired) electrons. The van der Waals surface area contributed by atoms with Gasteiger partial charge in [-0.15, -0.1) is 0 Å². The van der Waals surface area contributed by atoms with Gasteiger partial charge >= 0.3 is 0 Å². The number of rotatable bonds is 6. The SMILES string of the molecule is CCOC(OCC)c1c(-c2ccccc2)c1=O. The predicted molar refractivity (Wildman–Crippen MR) is 66.5 cm³/mol. The summed E-state index contributed by atoms with van der Waals surface area (Å²) in [5.74, 6) is 0. The van der Waals surface area contributed by atoms with Gasteiger partial charge in [-0.1, -0.05) is 30.3 Å². The molecule has 0 saturated carbocycles. The van der Waals surface area contributed by atoms with Gasteiger partial charge in [-0.25, -0.2) is 0 Å². The molecule has 0 aliphatic heterocycles. The molecule has 3 nitrogen and oxygen atoms in total. The monoisotopic (exact) mass is 232 g/mol. The van der Waals surface area contributed by atoms with Crippen LogP contribution in [0, 0.1) is 0 Å². The van der Waals surface area contributed by atoms with Crippen LogP contribution in [-0.2, 0) is 9.47 Å². The predicted octanol–water partition coefficient (Wildman–Crippen LogP) is 2.66.